The molecule has 4 nitrogen and oxygen atoms in total. The molecule has 116 valence electrons. The Kier molecular flexibility index (Phi) is 5.85. The molecule has 0 aromatic carbocycles. The summed E-state index contributed by atoms with van der Waals surface area (Å²) in [6, 6.07) is 0. The van der Waals surface area contributed by atoms with E-state index in [9.17, 15) is 4.79 Å². The smallest absolute Gasteiger partial charge is 0.225 e. The molecule has 3 atom stereocenters. The Balaban J connectivity index is 1.80. The van der Waals surface area contributed by atoms with Crippen LogP contribution in [0.5, 0.6) is 0 Å². The molecule has 1 saturated heterocycles. The van der Waals surface area contributed by atoms with Gasteiger partial charge in [-0.25, -0.2) is 0 Å². The number of hydrogen-bond donors (Lipinski definition) is 1. The number of likely N-dealkylation sites (tertiary alicyclic amines) is 1. The van der Waals surface area contributed by atoms with E-state index in [-0.39, 0.29) is 5.92 Å². The lowest BCUT2D eigenvalue weighted by Gasteiger charge is -2.32. The van der Waals surface area contributed by atoms with E-state index in [0.717, 1.165) is 38.9 Å². The van der Waals surface area contributed by atoms with Crippen molar-refractivity contribution in [2.45, 2.75) is 38.5 Å². The van der Waals surface area contributed by atoms with Crippen LogP contribution in [0.4, 0.5) is 0 Å². The van der Waals surface area contributed by atoms with Crippen molar-refractivity contribution in [3.8, 4) is 0 Å². The lowest BCUT2D eigenvalue weighted by molar-refractivity contribution is -0.136. The number of nitrogens with zero attached hydrogens (tertiary/aromatic N) is 2. The molecule has 0 spiro atoms. The van der Waals surface area contributed by atoms with Crippen LogP contribution < -0.4 is 5.73 Å². The third-order valence-corrected chi connectivity index (χ3v) is 5.10. The van der Waals surface area contributed by atoms with Crippen LogP contribution in [0.15, 0.2) is 0 Å². The molecule has 20 heavy (non-hydrogen) atoms. The molecule has 0 aromatic heterocycles. The second-order valence-corrected chi connectivity index (χ2v) is 6.94. The van der Waals surface area contributed by atoms with Gasteiger partial charge in [-0.3, -0.25) is 4.79 Å². The highest BCUT2D eigenvalue weighted by Gasteiger charge is 2.30. The minimum atomic E-state index is 0.254. The van der Waals surface area contributed by atoms with Crippen molar-refractivity contribution in [2.24, 2.45) is 23.5 Å². The van der Waals surface area contributed by atoms with Gasteiger partial charge in [0.05, 0.1) is 0 Å². The maximum Gasteiger partial charge on any atom is 0.225 e. The molecule has 1 heterocycles. The number of carbonyl (C=O) groups excluding carboxylic acids is 1. The fourth-order valence-electron chi connectivity index (χ4n) is 3.98. The summed E-state index contributed by atoms with van der Waals surface area (Å²) in [5.41, 5.74) is 5.66. The van der Waals surface area contributed by atoms with Crippen molar-refractivity contribution >= 4 is 5.91 Å². The van der Waals surface area contributed by atoms with E-state index in [0.29, 0.717) is 17.7 Å². The fourth-order valence-corrected chi connectivity index (χ4v) is 3.98. The molecule has 0 bridgehead atoms. The quantitative estimate of drug-likeness (QED) is 0.832. The number of carbonyl (C=O) groups is 1. The van der Waals surface area contributed by atoms with Crippen LogP contribution in [0.25, 0.3) is 0 Å². The first-order chi connectivity index (χ1) is 9.60. The number of rotatable bonds is 5. The van der Waals surface area contributed by atoms with Crippen molar-refractivity contribution in [3.63, 3.8) is 0 Å². The molecule has 1 aliphatic heterocycles. The SMILES string of the molecule is CN1CCC(CN(C)C(=O)C2CCCC(CCN)C2)C1. The minimum Gasteiger partial charge on any atom is -0.345 e. The van der Waals surface area contributed by atoms with Gasteiger partial charge in [0, 0.05) is 26.1 Å². The molecular formula is C16H31N3O. The zero-order valence-electron chi connectivity index (χ0n) is 13.2. The van der Waals surface area contributed by atoms with Crippen molar-refractivity contribution in [2.75, 3.05) is 40.3 Å². The Morgan fingerprint density at radius 2 is 2.10 bits per heavy atom. The molecule has 1 aliphatic carbocycles. The minimum absolute atomic E-state index is 0.254. The summed E-state index contributed by atoms with van der Waals surface area (Å²) in [5.74, 6) is 1.97. The van der Waals surface area contributed by atoms with Gasteiger partial charge < -0.3 is 15.5 Å². The van der Waals surface area contributed by atoms with E-state index >= 15 is 0 Å². The average molecular weight is 281 g/mol. The summed E-state index contributed by atoms with van der Waals surface area (Å²) in [5, 5.41) is 0. The number of nitrogens with two attached hydrogens (primary N) is 1. The Morgan fingerprint density at radius 1 is 1.30 bits per heavy atom. The summed E-state index contributed by atoms with van der Waals surface area (Å²) in [4.78, 5) is 17.0. The highest BCUT2D eigenvalue weighted by atomic mass is 16.2. The van der Waals surface area contributed by atoms with Crippen molar-refractivity contribution < 1.29 is 4.79 Å². The largest absolute Gasteiger partial charge is 0.345 e. The highest BCUT2D eigenvalue weighted by Crippen LogP contribution is 2.32. The predicted molar refractivity (Wildman–Crippen MR) is 82.4 cm³/mol. The lowest BCUT2D eigenvalue weighted by Crippen LogP contribution is -2.38. The van der Waals surface area contributed by atoms with Crippen LogP contribution in [-0.4, -0.2) is 56.0 Å². The monoisotopic (exact) mass is 281 g/mol. The van der Waals surface area contributed by atoms with Gasteiger partial charge >= 0.3 is 0 Å². The number of amides is 1. The second-order valence-electron chi connectivity index (χ2n) is 6.94. The summed E-state index contributed by atoms with van der Waals surface area (Å²) in [6.07, 6.45) is 6.91. The molecular weight excluding hydrogens is 250 g/mol. The summed E-state index contributed by atoms with van der Waals surface area (Å²) >= 11 is 0. The van der Waals surface area contributed by atoms with E-state index in [1.165, 1.54) is 25.8 Å². The van der Waals surface area contributed by atoms with E-state index in [1.54, 1.807) is 0 Å². The standard InChI is InChI=1S/C16H31N3O/c1-18-9-7-14(11-18)12-19(2)16(20)15-5-3-4-13(10-15)6-8-17/h13-15H,3-12,17H2,1-2H3. The highest BCUT2D eigenvalue weighted by molar-refractivity contribution is 5.78. The Labute approximate surface area is 123 Å². The molecule has 1 saturated carbocycles. The van der Waals surface area contributed by atoms with E-state index in [1.807, 2.05) is 11.9 Å². The maximum absolute atomic E-state index is 12.6. The van der Waals surface area contributed by atoms with Gasteiger partial charge in [-0.1, -0.05) is 12.8 Å². The topological polar surface area (TPSA) is 49.6 Å². The van der Waals surface area contributed by atoms with Gasteiger partial charge in [0.15, 0.2) is 0 Å². The molecule has 0 aromatic rings. The molecule has 2 rings (SSSR count). The van der Waals surface area contributed by atoms with E-state index in [2.05, 4.69) is 11.9 Å². The van der Waals surface area contributed by atoms with Crippen LogP contribution >= 0.6 is 0 Å². The zero-order valence-corrected chi connectivity index (χ0v) is 13.2. The maximum atomic E-state index is 12.6. The van der Waals surface area contributed by atoms with E-state index in [4.69, 9.17) is 5.73 Å². The Hall–Kier alpha value is -0.610. The van der Waals surface area contributed by atoms with Gasteiger partial charge in [-0.15, -0.1) is 0 Å². The third-order valence-electron chi connectivity index (χ3n) is 5.10. The van der Waals surface area contributed by atoms with Gasteiger partial charge in [-0.2, -0.15) is 0 Å². The first-order valence-electron chi connectivity index (χ1n) is 8.23. The van der Waals surface area contributed by atoms with Crippen molar-refractivity contribution in [1.29, 1.82) is 0 Å². The molecule has 1 amide bonds. The molecule has 3 unspecified atom stereocenters. The van der Waals surface area contributed by atoms with Gasteiger partial charge in [0.1, 0.15) is 0 Å². The van der Waals surface area contributed by atoms with Gasteiger partial charge in [-0.05, 0) is 57.7 Å². The summed E-state index contributed by atoms with van der Waals surface area (Å²) in [6.45, 7) is 4.00. The van der Waals surface area contributed by atoms with Crippen LogP contribution in [0.2, 0.25) is 0 Å². The first kappa shape index (κ1) is 15.8. The summed E-state index contributed by atoms with van der Waals surface area (Å²) < 4.78 is 0. The number of hydrogen-bond acceptors (Lipinski definition) is 3. The van der Waals surface area contributed by atoms with Crippen LogP contribution in [0.3, 0.4) is 0 Å². The summed E-state index contributed by atoms with van der Waals surface area (Å²) in [7, 11) is 4.16. The predicted octanol–water partition coefficient (Wildman–Crippen LogP) is 1.55. The van der Waals surface area contributed by atoms with Crippen LogP contribution in [0, 0.1) is 17.8 Å². The Morgan fingerprint density at radius 3 is 2.75 bits per heavy atom. The van der Waals surface area contributed by atoms with Crippen molar-refractivity contribution in [1.82, 2.24) is 9.80 Å². The zero-order chi connectivity index (χ0) is 14.5. The van der Waals surface area contributed by atoms with Crippen molar-refractivity contribution in [3.05, 3.63) is 0 Å². The molecule has 2 fully saturated rings. The van der Waals surface area contributed by atoms with Gasteiger partial charge in [0.25, 0.3) is 0 Å². The molecule has 2 N–H and O–H groups in total. The average Bonchev–Trinajstić information content (AvgIpc) is 2.84. The Bertz CT molecular complexity index is 319. The van der Waals surface area contributed by atoms with Crippen LogP contribution in [0.1, 0.15) is 38.5 Å². The fraction of sp³-hybridized carbons (Fsp3) is 0.938. The molecule has 0 radical (unpaired) electrons. The second kappa shape index (κ2) is 7.41. The van der Waals surface area contributed by atoms with Crippen LogP contribution in [-0.2, 0) is 4.79 Å². The van der Waals surface area contributed by atoms with Gasteiger partial charge in [0.2, 0.25) is 5.91 Å². The lowest BCUT2D eigenvalue weighted by atomic mass is 9.79. The normalized spacial score (nSPS) is 31.4. The third kappa shape index (κ3) is 4.19. The molecule has 2 aliphatic rings. The molecule has 4 heteroatoms. The van der Waals surface area contributed by atoms with E-state index < -0.39 is 0 Å². The first-order valence-corrected chi connectivity index (χ1v) is 8.23.